The van der Waals surface area contributed by atoms with Crippen molar-refractivity contribution in [3.8, 4) is 28.2 Å². The number of aryl methyl sites for hydroxylation is 3. The lowest BCUT2D eigenvalue weighted by Gasteiger charge is -2.24. The summed E-state index contributed by atoms with van der Waals surface area (Å²) in [7, 11) is 0. The molecule has 4 aromatic carbocycles. The quantitative estimate of drug-likeness (QED) is 0.209. The summed E-state index contributed by atoms with van der Waals surface area (Å²) in [6.45, 7) is 15.5. The first kappa shape index (κ1) is 27.2. The molecule has 3 aromatic heterocycles. The van der Waals surface area contributed by atoms with Gasteiger partial charge in [-0.25, -0.2) is 4.98 Å². The summed E-state index contributed by atoms with van der Waals surface area (Å²) in [5.41, 5.74) is 14.1. The zero-order valence-electron chi connectivity index (χ0n) is 26.0. The van der Waals surface area contributed by atoms with E-state index < -0.39 is 0 Å². The molecular formula is C39H37N3O. The molecule has 0 aliphatic rings. The van der Waals surface area contributed by atoms with E-state index in [2.05, 4.69) is 126 Å². The minimum atomic E-state index is 0.281. The third kappa shape index (κ3) is 4.27. The molecule has 7 rings (SSSR count). The molecular weight excluding hydrogens is 526 g/mol. The van der Waals surface area contributed by atoms with Gasteiger partial charge in [0, 0.05) is 16.5 Å². The number of rotatable bonds is 5. The maximum absolute atomic E-state index is 6.57. The number of para-hydroxylation sites is 2. The highest BCUT2D eigenvalue weighted by molar-refractivity contribution is 6.09. The van der Waals surface area contributed by atoms with Gasteiger partial charge in [0.25, 0.3) is 0 Å². The molecule has 0 N–H and O–H groups in total. The van der Waals surface area contributed by atoms with Crippen LogP contribution in [0.4, 0.5) is 0 Å². The second-order valence-corrected chi connectivity index (χ2v) is 12.3. The summed E-state index contributed by atoms with van der Waals surface area (Å²) in [6, 6.07) is 30.1. The monoisotopic (exact) mass is 563 g/mol. The Kier molecular flexibility index (Phi) is 6.46. The van der Waals surface area contributed by atoms with E-state index in [1.165, 1.54) is 27.9 Å². The van der Waals surface area contributed by atoms with Gasteiger partial charge >= 0.3 is 0 Å². The zero-order valence-corrected chi connectivity index (χ0v) is 26.0. The molecule has 0 saturated heterocycles. The fourth-order valence-electron chi connectivity index (χ4n) is 6.51. The Hall–Kier alpha value is -4.70. The van der Waals surface area contributed by atoms with Crippen LogP contribution in [-0.4, -0.2) is 14.5 Å². The molecule has 4 heteroatoms. The van der Waals surface area contributed by atoms with Crippen LogP contribution in [0.15, 0.2) is 89.3 Å². The van der Waals surface area contributed by atoms with Crippen LogP contribution in [0.3, 0.4) is 0 Å². The van der Waals surface area contributed by atoms with E-state index in [0.29, 0.717) is 0 Å². The van der Waals surface area contributed by atoms with Gasteiger partial charge in [-0.15, -0.1) is 0 Å². The van der Waals surface area contributed by atoms with Crippen molar-refractivity contribution in [2.45, 2.75) is 60.3 Å². The van der Waals surface area contributed by atoms with E-state index in [1.807, 2.05) is 12.1 Å². The average molecular weight is 564 g/mol. The molecule has 0 fully saturated rings. The Labute approximate surface area is 253 Å². The Morgan fingerprint density at radius 3 is 2.00 bits per heavy atom. The summed E-state index contributed by atoms with van der Waals surface area (Å²) in [5.74, 6) is 1.45. The third-order valence-corrected chi connectivity index (χ3v) is 8.84. The number of hydrogen-bond donors (Lipinski definition) is 0. The number of nitrogens with zero attached hydrogens (tertiary/aromatic N) is 3. The average Bonchev–Trinajstić information content (AvgIpc) is 3.59. The fraction of sp³-hybridized carbons (Fsp3) is 0.231. The van der Waals surface area contributed by atoms with E-state index in [4.69, 9.17) is 14.4 Å². The maximum atomic E-state index is 6.57. The predicted molar refractivity (Wildman–Crippen MR) is 179 cm³/mol. The molecule has 3 heterocycles. The number of imidazole rings is 1. The Balaban J connectivity index is 1.65. The lowest BCUT2D eigenvalue weighted by atomic mass is 9.88. The molecule has 0 saturated carbocycles. The highest BCUT2D eigenvalue weighted by atomic mass is 16.3. The van der Waals surface area contributed by atoms with Crippen molar-refractivity contribution in [1.82, 2.24) is 14.5 Å². The first-order valence-corrected chi connectivity index (χ1v) is 15.2. The van der Waals surface area contributed by atoms with Crippen molar-refractivity contribution in [1.29, 1.82) is 0 Å². The number of aromatic nitrogens is 3. The summed E-state index contributed by atoms with van der Waals surface area (Å²) >= 11 is 0. The van der Waals surface area contributed by atoms with Gasteiger partial charge in [0.15, 0.2) is 0 Å². The highest BCUT2D eigenvalue weighted by Crippen LogP contribution is 2.43. The predicted octanol–water partition coefficient (Wildman–Crippen LogP) is 10.8. The molecule has 0 spiro atoms. The van der Waals surface area contributed by atoms with Crippen LogP contribution in [0.2, 0.25) is 0 Å². The smallest absolute Gasteiger partial charge is 0.149 e. The van der Waals surface area contributed by atoms with Crippen molar-refractivity contribution >= 4 is 33.0 Å². The van der Waals surface area contributed by atoms with Gasteiger partial charge in [-0.05, 0) is 84.7 Å². The first-order chi connectivity index (χ1) is 20.7. The van der Waals surface area contributed by atoms with Crippen molar-refractivity contribution < 1.29 is 4.42 Å². The number of benzene rings is 4. The minimum Gasteiger partial charge on any atom is -0.455 e. The topological polar surface area (TPSA) is 43.9 Å². The lowest BCUT2D eigenvalue weighted by Crippen LogP contribution is -2.10. The van der Waals surface area contributed by atoms with Crippen LogP contribution in [0, 0.1) is 20.8 Å². The summed E-state index contributed by atoms with van der Waals surface area (Å²) in [6.07, 6.45) is 0. The molecule has 0 bridgehead atoms. The minimum absolute atomic E-state index is 0.281. The van der Waals surface area contributed by atoms with Crippen LogP contribution < -0.4 is 0 Å². The maximum Gasteiger partial charge on any atom is 0.149 e. The molecule has 214 valence electrons. The molecule has 0 aliphatic heterocycles. The van der Waals surface area contributed by atoms with Crippen molar-refractivity contribution in [2.75, 3.05) is 0 Å². The summed E-state index contributed by atoms with van der Waals surface area (Å²) in [5, 5.41) is 2.21. The molecule has 0 unspecified atom stereocenters. The van der Waals surface area contributed by atoms with E-state index in [9.17, 15) is 0 Å². The normalized spacial score (nSPS) is 12.0. The SMILES string of the molecule is Cc1nc(C)c2c(nc(-c3cccc4c3oc3ccccc34)n2-c2c(C(C)C)cc(-c3ccccc3)cc2C(C)C)c1C. The number of fused-ring (bicyclic) bond motifs is 4. The van der Waals surface area contributed by atoms with E-state index >= 15 is 0 Å². The highest BCUT2D eigenvalue weighted by Gasteiger charge is 2.27. The molecule has 7 aromatic rings. The van der Waals surface area contributed by atoms with Crippen LogP contribution in [0.5, 0.6) is 0 Å². The molecule has 4 nitrogen and oxygen atoms in total. The van der Waals surface area contributed by atoms with Gasteiger partial charge < -0.3 is 4.42 Å². The first-order valence-electron chi connectivity index (χ1n) is 15.2. The van der Waals surface area contributed by atoms with Gasteiger partial charge in [0.05, 0.1) is 28.0 Å². The van der Waals surface area contributed by atoms with Gasteiger partial charge in [-0.1, -0.05) is 88.4 Å². The van der Waals surface area contributed by atoms with Gasteiger partial charge in [-0.3, -0.25) is 9.55 Å². The summed E-state index contributed by atoms with van der Waals surface area (Å²) in [4.78, 5) is 10.5. The second-order valence-electron chi connectivity index (χ2n) is 12.3. The Morgan fingerprint density at radius 2 is 1.30 bits per heavy atom. The molecule has 43 heavy (non-hydrogen) atoms. The second kappa shape index (κ2) is 10.2. The van der Waals surface area contributed by atoms with E-state index in [-0.39, 0.29) is 11.8 Å². The molecule has 0 amide bonds. The molecule has 0 radical (unpaired) electrons. The third-order valence-electron chi connectivity index (χ3n) is 8.84. The van der Waals surface area contributed by atoms with Crippen molar-refractivity contribution in [3.63, 3.8) is 0 Å². The number of furan rings is 1. The fourth-order valence-corrected chi connectivity index (χ4v) is 6.51. The van der Waals surface area contributed by atoms with Crippen LogP contribution in [-0.2, 0) is 0 Å². The summed E-state index contributed by atoms with van der Waals surface area (Å²) < 4.78 is 8.97. The van der Waals surface area contributed by atoms with Gasteiger partial charge in [-0.2, -0.15) is 0 Å². The largest absolute Gasteiger partial charge is 0.455 e. The standard InChI is InChI=1S/C39H37N3O/c1-22(2)32-20-28(27-14-9-8-10-15-27)21-33(23(3)4)37(32)42-36-26(7)40-25(6)24(5)35(36)41-39(42)31-18-13-17-30-29-16-11-12-19-34(29)43-38(30)31/h8-23H,1-7H3. The lowest BCUT2D eigenvalue weighted by molar-refractivity contribution is 0.669. The van der Waals surface area contributed by atoms with Crippen molar-refractivity contribution in [3.05, 3.63) is 113 Å². The molecule has 0 atom stereocenters. The number of hydrogen-bond acceptors (Lipinski definition) is 3. The Morgan fingerprint density at radius 1 is 0.651 bits per heavy atom. The van der Waals surface area contributed by atoms with E-state index in [1.54, 1.807) is 0 Å². The van der Waals surface area contributed by atoms with Crippen LogP contribution >= 0.6 is 0 Å². The van der Waals surface area contributed by atoms with Crippen LogP contribution in [0.1, 0.15) is 67.6 Å². The molecule has 0 aliphatic carbocycles. The van der Waals surface area contributed by atoms with Gasteiger partial charge in [0.1, 0.15) is 17.0 Å². The van der Waals surface area contributed by atoms with Gasteiger partial charge in [0.2, 0.25) is 0 Å². The van der Waals surface area contributed by atoms with Crippen molar-refractivity contribution in [2.24, 2.45) is 0 Å². The van der Waals surface area contributed by atoms with Crippen LogP contribution in [0.25, 0.3) is 61.2 Å². The zero-order chi connectivity index (χ0) is 30.0. The van der Waals surface area contributed by atoms with E-state index in [0.717, 1.165) is 61.3 Å². The number of pyridine rings is 1. The Bertz CT molecular complexity index is 2130.